The van der Waals surface area contributed by atoms with Crippen molar-refractivity contribution in [3.8, 4) is 34.1 Å². The number of rotatable bonds is 31. The van der Waals surface area contributed by atoms with Crippen molar-refractivity contribution < 1.29 is 27.9 Å². The highest BCUT2D eigenvalue weighted by Gasteiger charge is 2.23. The van der Waals surface area contributed by atoms with Crippen molar-refractivity contribution in [2.75, 3.05) is 19.8 Å². The van der Waals surface area contributed by atoms with Crippen LogP contribution < -0.4 is 18.9 Å². The first kappa shape index (κ1) is 46.3. The van der Waals surface area contributed by atoms with E-state index < -0.39 is 23.3 Å². The first-order valence-electron chi connectivity index (χ1n) is 21.6. The summed E-state index contributed by atoms with van der Waals surface area (Å²) in [5.74, 6) is 2.16. The lowest BCUT2D eigenvalue weighted by Gasteiger charge is -2.25. The Balaban J connectivity index is 1.51. The minimum absolute atomic E-state index is 0.400. The molecule has 55 heavy (non-hydrogen) atoms. The summed E-state index contributed by atoms with van der Waals surface area (Å²) in [4.78, 5) is 13.5. The van der Waals surface area contributed by atoms with Gasteiger partial charge in [-0.2, -0.15) is 0 Å². The van der Waals surface area contributed by atoms with Gasteiger partial charge in [-0.3, -0.25) is 0 Å². The Kier molecular flexibility index (Phi) is 23.2. The van der Waals surface area contributed by atoms with Crippen LogP contribution >= 0.6 is 0 Å². The average molecular weight is 790 g/mol. The molecule has 0 saturated heterocycles. The third-order valence-electron chi connectivity index (χ3n) is 9.87. The van der Waals surface area contributed by atoms with E-state index in [1.165, 1.54) is 77.0 Å². The van der Waals surface area contributed by atoms with E-state index in [1.807, 2.05) is 48.5 Å². The van der Waals surface area contributed by atoms with Crippen molar-refractivity contribution in [2.24, 2.45) is 0 Å². The van der Waals surface area contributed by atoms with Gasteiger partial charge in [0.25, 0.3) is 0 Å². The van der Waals surface area contributed by atoms with Crippen molar-refractivity contribution in [1.29, 1.82) is 0 Å². The third kappa shape index (κ3) is 20.1. The largest absolute Gasteiger partial charge is 0.494 e. The summed E-state index contributed by atoms with van der Waals surface area (Å²) in [6.07, 6.45) is 22.1. The van der Waals surface area contributed by atoms with Gasteiger partial charge in [0, 0.05) is 6.07 Å². The van der Waals surface area contributed by atoms with Crippen LogP contribution in [0, 0.1) is 0 Å². The maximum Gasteiger partial charge on any atom is 0.347 e. The zero-order valence-corrected chi connectivity index (χ0v) is 37.4. The second kappa shape index (κ2) is 27.5. The van der Waals surface area contributed by atoms with Crippen LogP contribution in [-0.4, -0.2) is 43.1 Å². The minimum atomic E-state index is -1.60. The number of hydrogen-bond acceptors (Lipinski definition) is 6. The molecule has 0 amide bonds. The zero-order valence-electron chi connectivity index (χ0n) is 35.4. The van der Waals surface area contributed by atoms with E-state index >= 15 is 0 Å². The van der Waals surface area contributed by atoms with Crippen molar-refractivity contribution >= 4 is 23.3 Å². The molecule has 0 bridgehead atoms. The van der Waals surface area contributed by atoms with Gasteiger partial charge < -0.3 is 23.1 Å². The fourth-order valence-corrected chi connectivity index (χ4v) is 12.7. The second-order valence-electron chi connectivity index (χ2n) is 15.8. The molecule has 0 saturated carbocycles. The van der Waals surface area contributed by atoms with Crippen LogP contribution in [0.2, 0.25) is 32.2 Å². The number of hydrogen-bond donors (Lipinski definition) is 0. The van der Waals surface area contributed by atoms with E-state index in [4.69, 9.17) is 23.1 Å². The van der Waals surface area contributed by atoms with Gasteiger partial charge in [0.1, 0.15) is 28.6 Å². The van der Waals surface area contributed by atoms with Crippen molar-refractivity contribution in [2.45, 2.75) is 162 Å². The van der Waals surface area contributed by atoms with Crippen molar-refractivity contribution in [3.63, 3.8) is 0 Å². The Morgan fingerprint density at radius 3 is 1.49 bits per heavy atom. The number of carbonyl (C=O) groups is 1. The average Bonchev–Trinajstić information content (AvgIpc) is 3.16. The fraction of sp³-hybridized carbons (Fsp3) is 0.596. The molecule has 0 aliphatic heterocycles. The van der Waals surface area contributed by atoms with E-state index in [-0.39, 0.29) is 0 Å². The summed E-state index contributed by atoms with van der Waals surface area (Å²) in [5.41, 5.74) is 2.53. The molecule has 6 nitrogen and oxygen atoms in total. The molecule has 0 unspecified atom stereocenters. The van der Waals surface area contributed by atoms with Crippen molar-refractivity contribution in [1.82, 2.24) is 0 Å². The SMILES string of the molecule is CCCCCCCCCCCOc1ccc(-c2ccc(OC(=O)c3ccc(OCCCCCCCC)cc3OCCCCC[Si](C)(C)O[Si](C)C)cc2)cc1. The van der Waals surface area contributed by atoms with Crippen LogP contribution in [0.25, 0.3) is 11.1 Å². The Bertz CT molecular complexity index is 1440. The molecular weight excluding hydrogens is 717 g/mol. The molecule has 0 aliphatic rings. The van der Waals surface area contributed by atoms with Gasteiger partial charge in [-0.1, -0.05) is 134 Å². The summed E-state index contributed by atoms with van der Waals surface area (Å²) >= 11 is 0. The van der Waals surface area contributed by atoms with E-state index in [0.29, 0.717) is 36.0 Å². The number of carbonyl (C=O) groups excluding carboxylic acids is 1. The number of unbranched alkanes of at least 4 members (excludes halogenated alkanes) is 15. The van der Waals surface area contributed by atoms with Gasteiger partial charge >= 0.3 is 5.97 Å². The summed E-state index contributed by atoms with van der Waals surface area (Å²) in [5, 5.41) is 0. The Morgan fingerprint density at radius 2 is 0.964 bits per heavy atom. The predicted octanol–water partition coefficient (Wildman–Crippen LogP) is 14.2. The van der Waals surface area contributed by atoms with E-state index in [1.54, 1.807) is 6.07 Å². The molecule has 0 spiro atoms. The monoisotopic (exact) mass is 789 g/mol. The van der Waals surface area contributed by atoms with Crippen LogP contribution in [0.3, 0.4) is 0 Å². The van der Waals surface area contributed by atoms with Gasteiger partial charge in [-0.05, 0) is 99.0 Å². The molecule has 3 aromatic rings. The summed E-state index contributed by atoms with van der Waals surface area (Å²) < 4.78 is 30.5. The Hall–Kier alpha value is -3.08. The first-order valence-corrected chi connectivity index (χ1v) is 27.2. The van der Waals surface area contributed by atoms with Crippen LogP contribution in [0.15, 0.2) is 66.7 Å². The molecule has 0 N–H and O–H groups in total. The number of benzene rings is 3. The molecule has 0 aromatic heterocycles. The van der Waals surface area contributed by atoms with Crippen LogP contribution in [-0.2, 0) is 4.12 Å². The molecule has 3 rings (SSSR count). The minimum Gasteiger partial charge on any atom is -0.494 e. The molecule has 0 atom stereocenters. The summed E-state index contributed by atoms with van der Waals surface area (Å²) in [7, 11) is -2.28. The highest BCUT2D eigenvalue weighted by molar-refractivity contribution is 6.77. The Labute approximate surface area is 337 Å². The topological polar surface area (TPSA) is 63.2 Å². The smallest absolute Gasteiger partial charge is 0.347 e. The van der Waals surface area contributed by atoms with Gasteiger partial charge in [-0.25, -0.2) is 4.79 Å². The van der Waals surface area contributed by atoms with E-state index in [0.717, 1.165) is 68.1 Å². The number of esters is 1. The third-order valence-corrected chi connectivity index (χ3v) is 15.3. The lowest BCUT2D eigenvalue weighted by Crippen LogP contribution is -2.34. The molecular formula is C47H73O6Si2. The second-order valence-corrected chi connectivity index (χ2v) is 22.5. The van der Waals surface area contributed by atoms with Gasteiger partial charge in [0.2, 0.25) is 0 Å². The van der Waals surface area contributed by atoms with Gasteiger partial charge in [0.05, 0.1) is 19.8 Å². The van der Waals surface area contributed by atoms with Gasteiger partial charge in [-0.15, -0.1) is 0 Å². The predicted molar refractivity (Wildman–Crippen MR) is 235 cm³/mol. The van der Waals surface area contributed by atoms with Crippen LogP contribution in [0.5, 0.6) is 23.0 Å². The van der Waals surface area contributed by atoms with Gasteiger partial charge in [0.15, 0.2) is 17.4 Å². The Morgan fingerprint density at radius 1 is 0.527 bits per heavy atom. The fourth-order valence-electron chi connectivity index (χ4n) is 6.79. The standard InChI is InChI=1S/C47H73O6Si2/c1-7-9-11-13-15-16-17-19-21-35-49-42-29-25-40(26-30-42)41-27-31-43(32-28-41)52-47(48)45-34-33-44(50-36-22-18-14-12-10-8-2)39-46(45)51-37-23-20-24-38-55(5,6)53-54(3)4/h25-34,39H,7-24,35-38H2,1-6H3. The first-order chi connectivity index (χ1) is 26.7. The lowest BCUT2D eigenvalue weighted by atomic mass is 10.1. The summed E-state index contributed by atoms with van der Waals surface area (Å²) in [6.45, 7) is 15.5. The molecule has 8 heteroatoms. The molecule has 305 valence electrons. The molecule has 0 fully saturated rings. The zero-order chi connectivity index (χ0) is 39.6. The molecule has 0 heterocycles. The quantitative estimate of drug-likeness (QED) is 0.0280. The maximum atomic E-state index is 13.5. The highest BCUT2D eigenvalue weighted by atomic mass is 28.4. The number of ether oxygens (including phenoxy) is 4. The van der Waals surface area contributed by atoms with Crippen molar-refractivity contribution in [3.05, 3.63) is 72.3 Å². The highest BCUT2D eigenvalue weighted by Crippen LogP contribution is 2.29. The van der Waals surface area contributed by atoms with E-state index in [9.17, 15) is 4.79 Å². The maximum absolute atomic E-state index is 13.5. The molecule has 0 aliphatic carbocycles. The summed E-state index contributed by atoms with van der Waals surface area (Å²) in [6, 6.07) is 22.5. The lowest BCUT2D eigenvalue weighted by molar-refractivity contribution is 0.0730. The molecule has 1 radical (unpaired) electrons. The van der Waals surface area contributed by atoms with Crippen LogP contribution in [0.1, 0.15) is 140 Å². The molecule has 3 aromatic carbocycles. The van der Waals surface area contributed by atoms with Crippen LogP contribution in [0.4, 0.5) is 0 Å². The normalized spacial score (nSPS) is 11.5. The van der Waals surface area contributed by atoms with E-state index in [2.05, 4.69) is 52.2 Å².